The molecule has 11 rings (SSSR count). The molecule has 256 valence electrons. The van der Waals surface area contributed by atoms with Gasteiger partial charge in [-0.15, -0.1) is 11.3 Å². The van der Waals surface area contributed by atoms with E-state index in [0.717, 1.165) is 52.8 Å². The van der Waals surface area contributed by atoms with Gasteiger partial charge in [-0.2, -0.15) is 0 Å². The summed E-state index contributed by atoms with van der Waals surface area (Å²) in [5.74, 6) is 1.07. The van der Waals surface area contributed by atoms with Crippen LogP contribution >= 0.6 is 11.3 Å². The number of nitrogens with zero attached hydrogens (tertiary/aromatic N) is 3. The van der Waals surface area contributed by atoms with Gasteiger partial charge in [0.15, 0.2) is 17.5 Å². The minimum atomic E-state index is -0.671. The molecule has 0 bridgehead atoms. The van der Waals surface area contributed by atoms with E-state index in [1.54, 1.807) is 35.6 Å². The Morgan fingerprint density at radius 1 is 0.364 bits per heavy atom. The van der Waals surface area contributed by atoms with Gasteiger partial charge in [0.05, 0.1) is 15.1 Å². The van der Waals surface area contributed by atoms with Gasteiger partial charge in [-0.3, -0.25) is 0 Å². The van der Waals surface area contributed by atoms with Gasteiger partial charge in [0, 0.05) is 36.9 Å². The van der Waals surface area contributed by atoms with E-state index in [1.165, 1.54) is 0 Å². The molecule has 0 atom stereocenters. The predicted molar refractivity (Wildman–Crippen MR) is 232 cm³/mol. The van der Waals surface area contributed by atoms with Gasteiger partial charge in [0.1, 0.15) is 0 Å². The Hall–Kier alpha value is -7.01. The monoisotopic (exact) mass is 728 g/mol. The normalized spacial score (nSPS) is 14.4. The van der Waals surface area contributed by atoms with Crippen LogP contribution in [0.1, 0.15) is 15.1 Å². The van der Waals surface area contributed by atoms with Crippen LogP contribution in [0.25, 0.3) is 109 Å². The Balaban J connectivity index is 1.17. The standard InChI is InChI=1S/C51H31N3S/c1-2-11-32(12-3-1)40-28-35-14-5-7-18-42(35)45(31-40)36-15-10-16-37(27-36)49-52-50(38-24-23-34-22-21-33-13-4-6-17-41(33)44(34)29-38)54-51(53-49)39-25-26-48-46(30-39)43-19-8-9-20-47(43)55-48/h1-31H/i1D,2D,3D,5D,7D,11D,12D,14D,18D,28D,31D. The number of benzene rings is 9. The van der Waals surface area contributed by atoms with E-state index in [0.29, 0.717) is 17.2 Å². The average Bonchev–Trinajstić information content (AvgIpc) is 3.72. The quantitative estimate of drug-likeness (QED) is 0.166. The van der Waals surface area contributed by atoms with E-state index in [4.69, 9.17) is 27.3 Å². The highest BCUT2D eigenvalue weighted by atomic mass is 32.1. The molecular weight excluding hydrogens is 687 g/mol. The first-order chi connectivity index (χ1) is 31.8. The van der Waals surface area contributed by atoms with E-state index in [1.807, 2.05) is 42.5 Å². The van der Waals surface area contributed by atoms with Crippen molar-refractivity contribution >= 4 is 63.8 Å². The second kappa shape index (κ2) is 12.8. The van der Waals surface area contributed by atoms with E-state index >= 15 is 0 Å². The molecule has 9 aromatic carbocycles. The molecule has 11 aromatic rings. The van der Waals surface area contributed by atoms with Gasteiger partial charge in [-0.1, -0.05) is 139 Å². The molecule has 0 saturated carbocycles. The zero-order chi connectivity index (χ0) is 45.9. The summed E-state index contributed by atoms with van der Waals surface area (Å²) in [5.41, 5.74) is 1.44. The Morgan fingerprint density at radius 2 is 0.982 bits per heavy atom. The topological polar surface area (TPSA) is 38.7 Å². The second-order valence-corrected chi connectivity index (χ2v) is 14.3. The maximum atomic E-state index is 9.68. The Morgan fingerprint density at radius 3 is 1.82 bits per heavy atom. The Labute approximate surface area is 337 Å². The van der Waals surface area contributed by atoms with Crippen LogP contribution in [0.4, 0.5) is 0 Å². The van der Waals surface area contributed by atoms with Crippen LogP contribution in [0.2, 0.25) is 0 Å². The number of hydrogen-bond acceptors (Lipinski definition) is 4. The molecule has 0 amide bonds. The van der Waals surface area contributed by atoms with Gasteiger partial charge in [0.2, 0.25) is 0 Å². The fraction of sp³-hybridized carbons (Fsp3) is 0. The molecule has 0 fully saturated rings. The molecule has 0 spiro atoms. The first-order valence-corrected chi connectivity index (χ1v) is 18.4. The molecule has 0 radical (unpaired) electrons. The summed E-state index contributed by atoms with van der Waals surface area (Å²) >= 11 is 1.70. The van der Waals surface area contributed by atoms with Crippen molar-refractivity contribution in [2.24, 2.45) is 0 Å². The summed E-state index contributed by atoms with van der Waals surface area (Å²) in [6.07, 6.45) is 0. The van der Waals surface area contributed by atoms with Gasteiger partial charge >= 0.3 is 0 Å². The number of hydrogen-bond donors (Lipinski definition) is 0. The molecule has 0 aliphatic carbocycles. The molecule has 2 aromatic heterocycles. The van der Waals surface area contributed by atoms with Crippen LogP contribution in [0.5, 0.6) is 0 Å². The lowest BCUT2D eigenvalue weighted by atomic mass is 9.92. The highest BCUT2D eigenvalue weighted by molar-refractivity contribution is 7.25. The summed E-state index contributed by atoms with van der Waals surface area (Å²) < 4.78 is 99.0. The van der Waals surface area contributed by atoms with Crippen LogP contribution in [0.15, 0.2) is 188 Å². The van der Waals surface area contributed by atoms with Crippen molar-refractivity contribution in [1.29, 1.82) is 0 Å². The van der Waals surface area contributed by atoms with E-state index < -0.39 is 72.0 Å². The van der Waals surface area contributed by atoms with Gasteiger partial charge < -0.3 is 0 Å². The highest BCUT2D eigenvalue weighted by Crippen LogP contribution is 2.39. The van der Waals surface area contributed by atoms with Gasteiger partial charge in [-0.25, -0.2) is 15.0 Å². The zero-order valence-corrected chi connectivity index (χ0v) is 29.6. The van der Waals surface area contributed by atoms with Crippen molar-refractivity contribution in [2.75, 3.05) is 0 Å². The van der Waals surface area contributed by atoms with Crippen LogP contribution in [0.3, 0.4) is 0 Å². The predicted octanol–water partition coefficient (Wildman–Crippen LogP) is 14.0. The lowest BCUT2D eigenvalue weighted by molar-refractivity contribution is 1.08. The second-order valence-electron chi connectivity index (χ2n) is 13.2. The Bertz CT molecular complexity index is 3900. The lowest BCUT2D eigenvalue weighted by Crippen LogP contribution is -2.00. The van der Waals surface area contributed by atoms with Crippen molar-refractivity contribution in [3.63, 3.8) is 0 Å². The summed E-state index contributed by atoms with van der Waals surface area (Å²) in [4.78, 5) is 15.2. The fourth-order valence-electron chi connectivity index (χ4n) is 7.24. The molecule has 55 heavy (non-hydrogen) atoms. The minimum absolute atomic E-state index is 0.0256. The number of rotatable bonds is 5. The third kappa shape index (κ3) is 5.54. The number of aromatic nitrogens is 3. The van der Waals surface area contributed by atoms with Crippen molar-refractivity contribution in [2.45, 2.75) is 0 Å². The van der Waals surface area contributed by atoms with Gasteiger partial charge in [0.25, 0.3) is 0 Å². The summed E-state index contributed by atoms with van der Waals surface area (Å²) in [5, 5.41) is 6.02. The van der Waals surface area contributed by atoms with Crippen LogP contribution in [-0.4, -0.2) is 15.0 Å². The van der Waals surface area contributed by atoms with Gasteiger partial charge in [-0.05, 0) is 103 Å². The van der Waals surface area contributed by atoms with E-state index in [-0.39, 0.29) is 33.3 Å². The smallest absolute Gasteiger partial charge is 0.164 e. The maximum Gasteiger partial charge on any atom is 0.164 e. The first kappa shape index (κ1) is 22.3. The maximum absolute atomic E-state index is 9.68. The van der Waals surface area contributed by atoms with Crippen LogP contribution in [0, 0.1) is 0 Å². The molecule has 0 aliphatic rings. The molecule has 0 N–H and O–H groups in total. The molecular formula is C51H31N3S. The summed E-state index contributed by atoms with van der Waals surface area (Å²) in [7, 11) is 0. The molecule has 0 unspecified atom stereocenters. The third-order valence-corrected chi connectivity index (χ3v) is 11.0. The van der Waals surface area contributed by atoms with E-state index in [9.17, 15) is 2.74 Å². The lowest BCUT2D eigenvalue weighted by Gasteiger charge is -2.13. The minimum Gasteiger partial charge on any atom is -0.208 e. The average molecular weight is 729 g/mol. The van der Waals surface area contributed by atoms with Crippen molar-refractivity contribution in [3.05, 3.63) is 188 Å². The van der Waals surface area contributed by atoms with Crippen molar-refractivity contribution in [3.8, 4) is 56.4 Å². The molecule has 4 heteroatoms. The SMILES string of the molecule is [2H]c1c([2H])c([2H])c(-c2c([2H])c(-c3cccc(-c4nc(-c5ccc6ccc7ccccc7c6c5)nc(-c5ccc6sc7ccccc7c6c5)n4)c3)c3c([2H])c([2H])c([2H])c([2H])c3c2[2H])c([2H])c1[2H]. The van der Waals surface area contributed by atoms with Crippen LogP contribution in [-0.2, 0) is 0 Å². The highest BCUT2D eigenvalue weighted by Gasteiger charge is 2.16. The van der Waals surface area contributed by atoms with Crippen molar-refractivity contribution < 1.29 is 15.1 Å². The third-order valence-electron chi connectivity index (χ3n) is 9.87. The number of fused-ring (bicyclic) bond motifs is 7. The molecule has 0 aliphatic heterocycles. The zero-order valence-electron chi connectivity index (χ0n) is 39.8. The molecule has 0 saturated heterocycles. The molecule has 2 heterocycles. The molecule has 3 nitrogen and oxygen atoms in total. The summed E-state index contributed by atoms with van der Waals surface area (Å²) in [6, 6.07) is 33.0. The van der Waals surface area contributed by atoms with Crippen LogP contribution < -0.4 is 0 Å². The Kier molecular flexibility index (Phi) is 5.20. The van der Waals surface area contributed by atoms with Crippen molar-refractivity contribution in [1.82, 2.24) is 15.0 Å². The fourth-order valence-corrected chi connectivity index (χ4v) is 8.32. The first-order valence-electron chi connectivity index (χ1n) is 23.1. The number of thiophene rings is 1. The van der Waals surface area contributed by atoms with E-state index in [2.05, 4.69) is 54.6 Å². The summed E-state index contributed by atoms with van der Waals surface area (Å²) in [6.45, 7) is 0. The largest absolute Gasteiger partial charge is 0.208 e.